The Balaban J connectivity index is 1.56. The summed E-state index contributed by atoms with van der Waals surface area (Å²) in [6.07, 6.45) is -5.39. The molecule has 3 aromatic rings. The number of nitrogens with zero attached hydrogens (tertiary/aromatic N) is 1. The van der Waals surface area contributed by atoms with Gasteiger partial charge >= 0.3 is 23.9 Å². The lowest BCUT2D eigenvalue weighted by atomic mass is 9.97. The first-order chi connectivity index (χ1) is 23.4. The molecule has 0 unspecified atom stereocenters. The molecule has 0 radical (unpaired) electrons. The van der Waals surface area contributed by atoms with Gasteiger partial charge in [0.2, 0.25) is 18.3 Å². The Morgan fingerprint density at radius 1 is 0.776 bits per heavy atom. The maximum Gasteiger partial charge on any atom is 0.303 e. The zero-order valence-electron chi connectivity index (χ0n) is 28.6. The molecule has 264 valence electrons. The number of carbonyl (C=O) groups is 4. The van der Waals surface area contributed by atoms with Crippen LogP contribution < -0.4 is 4.74 Å². The van der Waals surface area contributed by atoms with Crippen LogP contribution in [0.4, 0.5) is 0 Å². The molecule has 5 atom stereocenters. The molecule has 0 bridgehead atoms. The van der Waals surface area contributed by atoms with Crippen molar-refractivity contribution >= 4 is 23.9 Å². The van der Waals surface area contributed by atoms with Crippen LogP contribution in [0.2, 0.25) is 0 Å². The number of nitrogens with one attached hydrogen (secondary N) is 1. The van der Waals surface area contributed by atoms with Crippen LogP contribution in [0.3, 0.4) is 0 Å². The quantitative estimate of drug-likeness (QED) is 0.138. The number of H-pyrrole nitrogens is 1. The highest BCUT2D eigenvalue weighted by Gasteiger charge is 2.53. The molecule has 0 aliphatic carbocycles. The molecule has 1 saturated heterocycles. The standard InChI is InChI=1S/C36H44N2O11/c1-21(2)31-29(18-27-14-12-26(13-15-27)16-17-43-19-28-10-8-7-9-11-28)35(38-37-31)49-36-34(47-25(6)42)33(46-24(5)41)32(45-23(4)40)30(48-36)20-44-22(3)39/h7-15,21,30,32-34,36H,16-20H2,1-6H3,(H,37,38)/t30-,32+,33+,34-,36+/m1/s1. The van der Waals surface area contributed by atoms with Crippen LogP contribution in [0.5, 0.6) is 5.88 Å². The second-order valence-corrected chi connectivity index (χ2v) is 12.0. The molecule has 1 aliphatic heterocycles. The van der Waals surface area contributed by atoms with Gasteiger partial charge in [0, 0.05) is 45.4 Å². The van der Waals surface area contributed by atoms with Gasteiger partial charge in [0.25, 0.3) is 0 Å². The normalized spacial score (nSPS) is 20.3. The van der Waals surface area contributed by atoms with Crippen LogP contribution in [0, 0.1) is 0 Å². The first kappa shape index (κ1) is 37.1. The van der Waals surface area contributed by atoms with E-state index in [0.717, 1.165) is 48.2 Å². The van der Waals surface area contributed by atoms with Gasteiger partial charge in [-0.25, -0.2) is 0 Å². The van der Waals surface area contributed by atoms with Crippen LogP contribution in [0.15, 0.2) is 54.6 Å². The number of aromatic amines is 1. The van der Waals surface area contributed by atoms with Crippen LogP contribution >= 0.6 is 0 Å². The minimum Gasteiger partial charge on any atom is -0.463 e. The summed E-state index contributed by atoms with van der Waals surface area (Å²) in [7, 11) is 0. The fourth-order valence-corrected chi connectivity index (χ4v) is 5.48. The van der Waals surface area contributed by atoms with Crippen molar-refractivity contribution in [2.24, 2.45) is 0 Å². The minimum absolute atomic E-state index is 0.0382. The Hall–Kier alpha value is -4.75. The third-order valence-corrected chi connectivity index (χ3v) is 7.67. The lowest BCUT2D eigenvalue weighted by Gasteiger charge is -2.43. The number of hydrogen-bond donors (Lipinski definition) is 1. The molecular weight excluding hydrogens is 636 g/mol. The summed E-state index contributed by atoms with van der Waals surface area (Å²) >= 11 is 0. The molecule has 2 aromatic carbocycles. The third kappa shape index (κ3) is 10.9. The van der Waals surface area contributed by atoms with Crippen molar-refractivity contribution in [1.82, 2.24) is 10.2 Å². The van der Waals surface area contributed by atoms with Gasteiger partial charge in [-0.15, -0.1) is 5.10 Å². The summed E-state index contributed by atoms with van der Waals surface area (Å²) in [5, 5.41) is 7.47. The van der Waals surface area contributed by atoms with Crippen LogP contribution in [0.1, 0.15) is 75.4 Å². The Bertz CT molecular complexity index is 1550. The average Bonchev–Trinajstić information content (AvgIpc) is 3.43. The molecule has 0 amide bonds. The number of esters is 4. The SMILES string of the molecule is CC(=O)OC[C@H]1O[C@@H](Oc2n[nH]c(C(C)C)c2Cc2ccc(CCOCc3ccccc3)cc2)[C@H](OC(C)=O)[C@@H](OC(C)=O)[C@H]1OC(C)=O. The van der Waals surface area contributed by atoms with Gasteiger partial charge in [0.15, 0.2) is 12.2 Å². The van der Waals surface area contributed by atoms with Crippen molar-refractivity contribution in [1.29, 1.82) is 0 Å². The lowest BCUT2D eigenvalue weighted by molar-refractivity contribution is -0.289. The first-order valence-electron chi connectivity index (χ1n) is 16.1. The van der Waals surface area contributed by atoms with Gasteiger partial charge in [0.05, 0.1) is 13.2 Å². The summed E-state index contributed by atoms with van der Waals surface area (Å²) in [5.41, 5.74) is 4.80. The van der Waals surface area contributed by atoms with E-state index in [1.807, 2.05) is 56.3 Å². The number of rotatable bonds is 15. The van der Waals surface area contributed by atoms with Crippen molar-refractivity contribution in [3.63, 3.8) is 0 Å². The molecule has 2 heterocycles. The smallest absolute Gasteiger partial charge is 0.303 e. The number of benzene rings is 2. The Morgan fingerprint density at radius 3 is 2.00 bits per heavy atom. The second kappa shape index (κ2) is 17.6. The van der Waals surface area contributed by atoms with E-state index in [1.54, 1.807) is 0 Å². The summed E-state index contributed by atoms with van der Waals surface area (Å²) in [6.45, 7) is 9.48. The van der Waals surface area contributed by atoms with Gasteiger partial charge in [0.1, 0.15) is 12.7 Å². The summed E-state index contributed by atoms with van der Waals surface area (Å²) < 4.78 is 40.0. The van der Waals surface area contributed by atoms with E-state index in [-0.39, 0.29) is 18.4 Å². The monoisotopic (exact) mass is 680 g/mol. The molecule has 13 heteroatoms. The molecule has 49 heavy (non-hydrogen) atoms. The molecular formula is C36H44N2O11. The summed E-state index contributed by atoms with van der Waals surface area (Å²) in [5.74, 6) is -2.59. The molecule has 0 saturated carbocycles. The Kier molecular flexibility index (Phi) is 13.3. The lowest BCUT2D eigenvalue weighted by Crippen LogP contribution is -2.63. The van der Waals surface area contributed by atoms with Crippen molar-refractivity contribution < 1.29 is 52.3 Å². The maximum atomic E-state index is 12.3. The second-order valence-electron chi connectivity index (χ2n) is 12.0. The van der Waals surface area contributed by atoms with Crippen LogP contribution in [-0.2, 0) is 67.0 Å². The van der Waals surface area contributed by atoms with Gasteiger partial charge in [-0.2, -0.15) is 0 Å². The van der Waals surface area contributed by atoms with E-state index >= 15 is 0 Å². The minimum atomic E-state index is -1.40. The van der Waals surface area contributed by atoms with Crippen LogP contribution in [0.25, 0.3) is 0 Å². The van der Waals surface area contributed by atoms with Crippen molar-refractivity contribution in [3.8, 4) is 5.88 Å². The molecule has 1 N–H and O–H groups in total. The van der Waals surface area contributed by atoms with Gasteiger partial charge in [-0.1, -0.05) is 68.4 Å². The third-order valence-electron chi connectivity index (χ3n) is 7.67. The number of carbonyl (C=O) groups excluding carboxylic acids is 4. The summed E-state index contributed by atoms with van der Waals surface area (Å²) in [6, 6.07) is 18.2. The van der Waals surface area contributed by atoms with E-state index in [4.69, 9.17) is 33.2 Å². The van der Waals surface area contributed by atoms with E-state index < -0.39 is 54.6 Å². The molecule has 1 aromatic heterocycles. The van der Waals surface area contributed by atoms with Gasteiger partial charge in [-0.05, 0) is 29.0 Å². The highest BCUT2D eigenvalue weighted by atomic mass is 16.7. The summed E-state index contributed by atoms with van der Waals surface area (Å²) in [4.78, 5) is 48.2. The zero-order chi connectivity index (χ0) is 35.5. The maximum absolute atomic E-state index is 12.3. The first-order valence-corrected chi connectivity index (χ1v) is 16.1. The highest BCUT2D eigenvalue weighted by Crippen LogP contribution is 2.34. The number of aromatic nitrogens is 2. The molecule has 0 spiro atoms. The van der Waals surface area contributed by atoms with Gasteiger partial charge < -0.3 is 33.2 Å². The zero-order valence-corrected chi connectivity index (χ0v) is 28.6. The van der Waals surface area contributed by atoms with Crippen molar-refractivity contribution in [2.75, 3.05) is 13.2 Å². The average molecular weight is 681 g/mol. The fourth-order valence-electron chi connectivity index (χ4n) is 5.48. The van der Waals surface area contributed by atoms with Crippen molar-refractivity contribution in [2.45, 2.75) is 97.6 Å². The highest BCUT2D eigenvalue weighted by molar-refractivity contribution is 5.68. The topological polar surface area (TPSA) is 162 Å². The predicted octanol–water partition coefficient (Wildman–Crippen LogP) is 4.35. The molecule has 4 rings (SSSR count). The molecule has 1 fully saturated rings. The predicted molar refractivity (Wildman–Crippen MR) is 174 cm³/mol. The van der Waals surface area contributed by atoms with Gasteiger partial charge in [-0.3, -0.25) is 24.3 Å². The van der Waals surface area contributed by atoms with Crippen LogP contribution in [-0.4, -0.2) is 78.0 Å². The van der Waals surface area contributed by atoms with E-state index in [0.29, 0.717) is 19.6 Å². The number of hydrogen-bond acceptors (Lipinski definition) is 12. The number of ether oxygens (including phenoxy) is 7. The van der Waals surface area contributed by atoms with Crippen molar-refractivity contribution in [3.05, 3.63) is 82.5 Å². The molecule has 1 aliphatic rings. The molecule has 13 nitrogen and oxygen atoms in total. The Morgan fingerprint density at radius 2 is 1.39 bits per heavy atom. The van der Waals surface area contributed by atoms with E-state index in [2.05, 4.69) is 22.3 Å². The Labute approximate surface area is 285 Å². The van der Waals surface area contributed by atoms with E-state index in [9.17, 15) is 19.2 Å². The fraction of sp³-hybridized carbons (Fsp3) is 0.472. The largest absolute Gasteiger partial charge is 0.463 e. The van der Waals surface area contributed by atoms with E-state index in [1.165, 1.54) is 13.8 Å².